The van der Waals surface area contributed by atoms with Crippen molar-refractivity contribution in [3.63, 3.8) is 0 Å². The quantitative estimate of drug-likeness (QED) is 0.697. The van der Waals surface area contributed by atoms with Crippen molar-refractivity contribution in [3.8, 4) is 0 Å². The van der Waals surface area contributed by atoms with Gasteiger partial charge in [-0.05, 0) is 58.7 Å². The van der Waals surface area contributed by atoms with Gasteiger partial charge >= 0.3 is 0 Å². The molecule has 20 heavy (non-hydrogen) atoms. The van der Waals surface area contributed by atoms with E-state index in [-0.39, 0.29) is 10.2 Å². The molecule has 1 amide bonds. The highest BCUT2D eigenvalue weighted by Gasteiger charge is 2.16. The maximum Gasteiger partial charge on any atom is 0.256 e. The lowest BCUT2D eigenvalue weighted by Gasteiger charge is -2.09. The number of anilines is 1. The van der Waals surface area contributed by atoms with E-state index in [1.165, 1.54) is 12.1 Å². The summed E-state index contributed by atoms with van der Waals surface area (Å²) in [4.78, 5) is 12.1. The van der Waals surface area contributed by atoms with Crippen molar-refractivity contribution in [3.05, 3.63) is 62.0 Å². The third-order valence-electron chi connectivity index (χ3n) is 2.72. The first-order valence-corrected chi connectivity index (χ1v) is 7.19. The Morgan fingerprint density at radius 2 is 1.80 bits per heavy atom. The van der Waals surface area contributed by atoms with Gasteiger partial charge in [-0.3, -0.25) is 4.79 Å². The van der Waals surface area contributed by atoms with E-state index >= 15 is 0 Å². The lowest BCUT2D eigenvalue weighted by Crippen LogP contribution is -2.14. The zero-order valence-electron chi connectivity index (χ0n) is 10.3. The van der Waals surface area contributed by atoms with E-state index in [0.29, 0.717) is 5.56 Å². The van der Waals surface area contributed by atoms with E-state index in [0.717, 1.165) is 10.0 Å². The Hall–Kier alpha value is -1.27. The zero-order chi connectivity index (χ0) is 14.9. The summed E-state index contributed by atoms with van der Waals surface area (Å²) in [5.74, 6) is -2.62. The monoisotopic (exact) mass is 403 g/mol. The van der Waals surface area contributed by atoms with E-state index in [1.54, 1.807) is 25.1 Å². The van der Waals surface area contributed by atoms with Gasteiger partial charge in [0, 0.05) is 10.0 Å². The molecular formula is C14H9Br2F2NO. The molecule has 0 aromatic heterocycles. The van der Waals surface area contributed by atoms with Crippen molar-refractivity contribution < 1.29 is 13.6 Å². The highest BCUT2D eigenvalue weighted by atomic mass is 79.9. The van der Waals surface area contributed by atoms with Crippen LogP contribution in [0, 0.1) is 18.6 Å². The molecule has 2 nitrogen and oxygen atoms in total. The Kier molecular flexibility index (Phi) is 4.55. The van der Waals surface area contributed by atoms with Gasteiger partial charge in [-0.25, -0.2) is 8.78 Å². The van der Waals surface area contributed by atoms with Gasteiger partial charge in [0.1, 0.15) is 0 Å². The van der Waals surface area contributed by atoms with Crippen molar-refractivity contribution in [2.24, 2.45) is 0 Å². The van der Waals surface area contributed by atoms with E-state index < -0.39 is 17.5 Å². The lowest BCUT2D eigenvalue weighted by molar-refractivity contribution is 0.102. The topological polar surface area (TPSA) is 29.1 Å². The molecule has 104 valence electrons. The highest BCUT2D eigenvalue weighted by Crippen LogP contribution is 2.25. The number of benzene rings is 2. The molecule has 6 heteroatoms. The van der Waals surface area contributed by atoms with E-state index in [4.69, 9.17) is 0 Å². The molecule has 0 aliphatic heterocycles. The Bertz CT molecular complexity index is 689. The molecular weight excluding hydrogens is 396 g/mol. The summed E-state index contributed by atoms with van der Waals surface area (Å²) in [6.07, 6.45) is 0. The average molecular weight is 405 g/mol. The number of hydrogen-bond acceptors (Lipinski definition) is 1. The van der Waals surface area contributed by atoms with Crippen molar-refractivity contribution in [1.29, 1.82) is 0 Å². The second-order valence-electron chi connectivity index (χ2n) is 4.14. The SMILES string of the molecule is Cc1cc(Br)ccc1C(=O)Nc1ccc(Br)c(F)c1F. The van der Waals surface area contributed by atoms with Gasteiger partial charge in [-0.1, -0.05) is 15.9 Å². The van der Waals surface area contributed by atoms with Crippen LogP contribution in [0.2, 0.25) is 0 Å². The molecule has 0 bridgehead atoms. The number of rotatable bonds is 2. The number of halogens is 4. The smallest absolute Gasteiger partial charge is 0.256 e. The van der Waals surface area contributed by atoms with Gasteiger partial charge in [0.25, 0.3) is 5.91 Å². The number of hydrogen-bond donors (Lipinski definition) is 1. The van der Waals surface area contributed by atoms with Gasteiger partial charge < -0.3 is 5.32 Å². The van der Waals surface area contributed by atoms with E-state index in [9.17, 15) is 13.6 Å². The second kappa shape index (κ2) is 6.01. The van der Waals surface area contributed by atoms with Crippen LogP contribution in [0.3, 0.4) is 0 Å². The average Bonchev–Trinajstić information content (AvgIpc) is 2.39. The Balaban J connectivity index is 2.30. The number of amides is 1. The molecule has 2 aromatic rings. The summed E-state index contributed by atoms with van der Waals surface area (Å²) in [6, 6.07) is 7.73. The van der Waals surface area contributed by atoms with Crippen molar-refractivity contribution in [2.75, 3.05) is 5.32 Å². The van der Waals surface area contributed by atoms with Gasteiger partial charge in [0.15, 0.2) is 11.6 Å². The predicted molar refractivity (Wildman–Crippen MR) is 80.9 cm³/mol. The third-order valence-corrected chi connectivity index (χ3v) is 3.82. The molecule has 0 radical (unpaired) electrons. The van der Waals surface area contributed by atoms with Crippen LogP contribution < -0.4 is 5.32 Å². The fourth-order valence-electron chi connectivity index (χ4n) is 1.69. The lowest BCUT2D eigenvalue weighted by atomic mass is 10.1. The minimum absolute atomic E-state index is 0.00724. The summed E-state index contributed by atoms with van der Waals surface area (Å²) in [6.45, 7) is 1.76. The first-order valence-electron chi connectivity index (χ1n) is 5.61. The van der Waals surface area contributed by atoms with Gasteiger partial charge in [0.2, 0.25) is 0 Å². The Morgan fingerprint density at radius 3 is 2.45 bits per heavy atom. The summed E-state index contributed by atoms with van der Waals surface area (Å²) in [5, 5.41) is 2.36. The fraction of sp³-hybridized carbons (Fsp3) is 0.0714. The second-order valence-corrected chi connectivity index (χ2v) is 5.91. The van der Waals surface area contributed by atoms with Crippen molar-refractivity contribution in [2.45, 2.75) is 6.92 Å². The van der Waals surface area contributed by atoms with E-state index in [2.05, 4.69) is 37.2 Å². The molecule has 2 rings (SSSR count). The molecule has 0 saturated heterocycles. The maximum atomic E-state index is 13.7. The fourth-order valence-corrected chi connectivity index (χ4v) is 2.48. The minimum Gasteiger partial charge on any atom is -0.319 e. The van der Waals surface area contributed by atoms with Crippen LogP contribution in [0.15, 0.2) is 39.3 Å². The van der Waals surface area contributed by atoms with E-state index in [1.807, 2.05) is 0 Å². The molecule has 0 aliphatic rings. The van der Waals surface area contributed by atoms with Crippen LogP contribution in [0.4, 0.5) is 14.5 Å². The van der Waals surface area contributed by atoms with Crippen LogP contribution in [-0.4, -0.2) is 5.91 Å². The summed E-state index contributed by atoms with van der Waals surface area (Å²) >= 11 is 6.17. The van der Waals surface area contributed by atoms with Crippen LogP contribution in [0.5, 0.6) is 0 Å². The highest BCUT2D eigenvalue weighted by molar-refractivity contribution is 9.10. The standard InChI is InChI=1S/C14H9Br2F2NO/c1-7-6-8(15)2-3-9(7)14(20)19-11-5-4-10(16)12(17)13(11)18/h2-6H,1H3,(H,19,20). The number of carbonyl (C=O) groups excluding carboxylic acids is 1. The number of nitrogens with one attached hydrogen (secondary N) is 1. The molecule has 2 aromatic carbocycles. The van der Waals surface area contributed by atoms with Crippen LogP contribution >= 0.6 is 31.9 Å². The normalized spacial score (nSPS) is 10.4. The minimum atomic E-state index is -1.09. The summed E-state index contributed by atoms with van der Waals surface area (Å²) in [5.41, 5.74) is 0.934. The van der Waals surface area contributed by atoms with Gasteiger partial charge in [-0.2, -0.15) is 0 Å². The van der Waals surface area contributed by atoms with Crippen LogP contribution in [0.25, 0.3) is 0 Å². The van der Waals surface area contributed by atoms with Crippen molar-refractivity contribution >= 4 is 43.5 Å². The van der Waals surface area contributed by atoms with Crippen LogP contribution in [0.1, 0.15) is 15.9 Å². The third kappa shape index (κ3) is 3.07. The largest absolute Gasteiger partial charge is 0.319 e. The molecule has 0 fully saturated rings. The molecule has 1 N–H and O–H groups in total. The first-order chi connectivity index (χ1) is 9.40. The van der Waals surface area contributed by atoms with Crippen molar-refractivity contribution in [1.82, 2.24) is 0 Å². The Labute approximate surface area is 131 Å². The van der Waals surface area contributed by atoms with Gasteiger partial charge in [0.05, 0.1) is 10.2 Å². The number of carbonyl (C=O) groups is 1. The van der Waals surface area contributed by atoms with Crippen LogP contribution in [-0.2, 0) is 0 Å². The Morgan fingerprint density at radius 1 is 1.10 bits per heavy atom. The summed E-state index contributed by atoms with van der Waals surface area (Å²) < 4.78 is 27.9. The summed E-state index contributed by atoms with van der Waals surface area (Å²) in [7, 11) is 0. The molecule has 0 atom stereocenters. The first kappa shape index (κ1) is 15.1. The maximum absolute atomic E-state index is 13.7. The molecule has 0 spiro atoms. The molecule has 0 heterocycles. The zero-order valence-corrected chi connectivity index (χ0v) is 13.5. The van der Waals surface area contributed by atoms with Gasteiger partial charge in [-0.15, -0.1) is 0 Å². The predicted octanol–water partition coefficient (Wildman–Crippen LogP) is 5.05. The number of aryl methyl sites for hydroxylation is 1. The molecule has 0 unspecified atom stereocenters. The molecule has 0 aliphatic carbocycles. The molecule has 0 saturated carbocycles.